The van der Waals surface area contributed by atoms with Gasteiger partial charge in [0.1, 0.15) is 23.7 Å². The Morgan fingerprint density at radius 3 is 1.45 bits per heavy atom. The molecular formula is C21H34N2O8. The fourth-order valence-electron chi connectivity index (χ4n) is 2.80. The summed E-state index contributed by atoms with van der Waals surface area (Å²) in [6.45, 7) is 3.05. The molecule has 0 saturated heterocycles. The highest BCUT2D eigenvalue weighted by Gasteiger charge is 2.21. The lowest BCUT2D eigenvalue weighted by molar-refractivity contribution is -0.142. The summed E-state index contributed by atoms with van der Waals surface area (Å²) in [7, 11) is 0. The van der Waals surface area contributed by atoms with E-state index in [-0.39, 0.29) is 50.1 Å². The van der Waals surface area contributed by atoms with Crippen molar-refractivity contribution >= 4 is 35.3 Å². The van der Waals surface area contributed by atoms with Gasteiger partial charge < -0.3 is 25.6 Å². The van der Waals surface area contributed by atoms with Crippen LogP contribution in [-0.4, -0.2) is 57.6 Å². The summed E-state index contributed by atoms with van der Waals surface area (Å²) >= 11 is 0. The van der Waals surface area contributed by atoms with Crippen molar-refractivity contribution in [2.75, 3.05) is 0 Å². The van der Waals surface area contributed by atoms with Gasteiger partial charge in [0, 0.05) is 32.1 Å². The Bertz CT molecular complexity index is 647. The van der Waals surface area contributed by atoms with E-state index < -0.39 is 35.8 Å². The number of carbonyl (C=O) groups is 6. The maximum absolute atomic E-state index is 11.9. The van der Waals surface area contributed by atoms with Crippen molar-refractivity contribution in [3.8, 4) is 0 Å². The average Bonchev–Trinajstić information content (AvgIpc) is 2.69. The van der Waals surface area contributed by atoms with Gasteiger partial charge in [0.25, 0.3) is 0 Å². The number of Topliss-reactive ketones (excluding diaryl/α,β-unsaturated/α-hetero) is 2. The van der Waals surface area contributed by atoms with E-state index in [0.29, 0.717) is 32.1 Å². The van der Waals surface area contributed by atoms with Gasteiger partial charge in [0.05, 0.1) is 0 Å². The van der Waals surface area contributed by atoms with E-state index >= 15 is 0 Å². The molecule has 0 saturated carbocycles. The predicted octanol–water partition coefficient (Wildman–Crippen LogP) is 1.59. The molecule has 0 rings (SSSR count). The number of rotatable bonds is 18. The Kier molecular flexibility index (Phi) is 14.5. The van der Waals surface area contributed by atoms with Crippen LogP contribution in [0.25, 0.3) is 0 Å². The van der Waals surface area contributed by atoms with Crippen molar-refractivity contribution in [2.45, 2.75) is 96.6 Å². The fourth-order valence-corrected chi connectivity index (χ4v) is 2.80. The van der Waals surface area contributed by atoms with Crippen molar-refractivity contribution in [3.05, 3.63) is 0 Å². The molecule has 0 aliphatic heterocycles. The van der Waals surface area contributed by atoms with Crippen LogP contribution in [0.5, 0.6) is 0 Å². The molecule has 10 nitrogen and oxygen atoms in total. The molecule has 4 N–H and O–H groups in total. The number of carboxylic acid groups (broad SMARTS) is 2. The van der Waals surface area contributed by atoms with E-state index in [2.05, 4.69) is 10.6 Å². The first kappa shape index (κ1) is 28.2. The van der Waals surface area contributed by atoms with E-state index in [0.717, 1.165) is 0 Å². The summed E-state index contributed by atoms with van der Waals surface area (Å²) in [6, 6.07) is -2.17. The summed E-state index contributed by atoms with van der Waals surface area (Å²) in [6.07, 6.45) is 3.25. The quantitative estimate of drug-likeness (QED) is 0.232. The lowest BCUT2D eigenvalue weighted by atomic mass is 10.1. The molecule has 10 heteroatoms. The van der Waals surface area contributed by atoms with Crippen LogP contribution in [0.1, 0.15) is 84.5 Å². The lowest BCUT2D eigenvalue weighted by Gasteiger charge is -2.14. The number of ketones is 2. The van der Waals surface area contributed by atoms with Crippen LogP contribution >= 0.6 is 0 Å². The molecule has 0 aliphatic carbocycles. The molecule has 2 atom stereocenters. The molecule has 0 heterocycles. The topological polar surface area (TPSA) is 167 Å². The maximum atomic E-state index is 11.9. The number of carboxylic acids is 2. The summed E-state index contributed by atoms with van der Waals surface area (Å²) in [5.41, 5.74) is 0. The minimum absolute atomic E-state index is 0.0511. The molecule has 0 unspecified atom stereocenters. The van der Waals surface area contributed by atoms with Gasteiger partial charge in [-0.3, -0.25) is 14.4 Å². The Morgan fingerprint density at radius 1 is 0.677 bits per heavy atom. The summed E-state index contributed by atoms with van der Waals surface area (Å²) in [5, 5.41) is 23.0. The first-order chi connectivity index (χ1) is 14.6. The molecule has 0 aromatic carbocycles. The molecule has 0 radical (unpaired) electrons. The Labute approximate surface area is 182 Å². The first-order valence-corrected chi connectivity index (χ1v) is 10.6. The predicted molar refractivity (Wildman–Crippen MR) is 111 cm³/mol. The van der Waals surface area contributed by atoms with Crippen LogP contribution in [0, 0.1) is 0 Å². The number of amides is 2. The molecule has 176 valence electrons. The van der Waals surface area contributed by atoms with Crippen LogP contribution in [0.2, 0.25) is 0 Å². The third-order valence-electron chi connectivity index (χ3n) is 4.72. The van der Waals surface area contributed by atoms with Gasteiger partial charge in [0.15, 0.2) is 0 Å². The second-order valence-corrected chi connectivity index (χ2v) is 7.50. The summed E-state index contributed by atoms with van der Waals surface area (Å²) in [5.74, 6) is -3.36. The van der Waals surface area contributed by atoms with E-state index in [1.165, 1.54) is 6.92 Å². The summed E-state index contributed by atoms with van der Waals surface area (Å²) < 4.78 is 0. The first-order valence-electron chi connectivity index (χ1n) is 10.6. The third kappa shape index (κ3) is 14.8. The van der Waals surface area contributed by atoms with Crippen molar-refractivity contribution in [2.24, 2.45) is 0 Å². The monoisotopic (exact) mass is 442 g/mol. The molecule has 0 spiro atoms. The van der Waals surface area contributed by atoms with E-state index in [9.17, 15) is 28.8 Å². The van der Waals surface area contributed by atoms with Crippen LogP contribution in [-0.2, 0) is 28.8 Å². The molecule has 0 aromatic heterocycles. The zero-order valence-electron chi connectivity index (χ0n) is 18.3. The minimum Gasteiger partial charge on any atom is -0.480 e. The zero-order valence-corrected chi connectivity index (χ0v) is 18.3. The van der Waals surface area contributed by atoms with Gasteiger partial charge in [-0.15, -0.1) is 0 Å². The Morgan fingerprint density at radius 2 is 1.10 bits per heavy atom. The molecule has 0 bridgehead atoms. The Hall–Kier alpha value is -2.78. The van der Waals surface area contributed by atoms with Gasteiger partial charge >= 0.3 is 11.9 Å². The molecule has 2 amide bonds. The maximum Gasteiger partial charge on any atom is 0.326 e. The van der Waals surface area contributed by atoms with Gasteiger partial charge in [-0.1, -0.05) is 19.8 Å². The third-order valence-corrected chi connectivity index (χ3v) is 4.72. The minimum atomic E-state index is -1.18. The van der Waals surface area contributed by atoms with E-state index in [4.69, 9.17) is 10.2 Å². The number of unbranched alkanes of at least 4 members (excludes halogenated alkanes) is 3. The largest absolute Gasteiger partial charge is 0.480 e. The second kappa shape index (κ2) is 16.0. The van der Waals surface area contributed by atoms with Gasteiger partial charge in [-0.25, -0.2) is 9.59 Å². The molecule has 0 aliphatic rings. The molecular weight excluding hydrogens is 408 g/mol. The number of hydrogen-bond acceptors (Lipinski definition) is 6. The molecule has 0 fully saturated rings. The van der Waals surface area contributed by atoms with Crippen LogP contribution in [0.15, 0.2) is 0 Å². The van der Waals surface area contributed by atoms with Gasteiger partial charge in [-0.2, -0.15) is 0 Å². The normalized spacial score (nSPS) is 12.5. The second-order valence-electron chi connectivity index (χ2n) is 7.50. The lowest BCUT2D eigenvalue weighted by Crippen LogP contribution is -2.41. The fraction of sp³-hybridized carbons (Fsp3) is 0.714. The molecule has 0 aromatic rings. The smallest absolute Gasteiger partial charge is 0.326 e. The van der Waals surface area contributed by atoms with Gasteiger partial charge in [-0.05, 0) is 32.6 Å². The highest BCUT2D eigenvalue weighted by Crippen LogP contribution is 2.08. The molecule has 31 heavy (non-hydrogen) atoms. The number of aliphatic carboxylic acids is 2. The average molecular weight is 443 g/mol. The number of hydrogen-bond donors (Lipinski definition) is 4. The number of nitrogens with one attached hydrogen (secondary N) is 2. The van der Waals surface area contributed by atoms with Gasteiger partial charge in [0.2, 0.25) is 11.8 Å². The zero-order chi connectivity index (χ0) is 23.8. The summed E-state index contributed by atoms with van der Waals surface area (Å²) in [4.78, 5) is 68.4. The highest BCUT2D eigenvalue weighted by atomic mass is 16.4. The van der Waals surface area contributed by atoms with Crippen molar-refractivity contribution in [3.63, 3.8) is 0 Å². The highest BCUT2D eigenvalue weighted by molar-refractivity contribution is 5.85. The van der Waals surface area contributed by atoms with E-state index in [1.54, 1.807) is 6.92 Å². The van der Waals surface area contributed by atoms with Crippen LogP contribution in [0.3, 0.4) is 0 Å². The van der Waals surface area contributed by atoms with Crippen LogP contribution in [0.4, 0.5) is 0 Å². The Balaban J connectivity index is 4.06. The SMILES string of the molecule is CCC(=O)CC[C@H](NC(=O)CCCCCCC(=O)N[C@@H](CCC(C)=O)C(=O)O)C(=O)O. The van der Waals surface area contributed by atoms with Crippen molar-refractivity contribution in [1.29, 1.82) is 0 Å². The van der Waals surface area contributed by atoms with E-state index in [1.807, 2.05) is 0 Å². The number of carbonyl (C=O) groups excluding carboxylic acids is 4. The van der Waals surface area contributed by atoms with Crippen molar-refractivity contribution < 1.29 is 39.0 Å². The van der Waals surface area contributed by atoms with Crippen molar-refractivity contribution in [1.82, 2.24) is 10.6 Å². The van der Waals surface area contributed by atoms with Crippen LogP contribution < -0.4 is 10.6 Å². The standard InChI is InChI=1S/C21H34N2O8/c1-3-15(25)11-13-17(21(30)31)23-19(27)9-7-5-4-6-8-18(26)22-16(20(28)29)12-10-14(2)24/h16-17H,3-13H2,1-2H3,(H,22,26)(H,23,27)(H,28,29)(H,30,31)/t16-,17-/m0/s1.